The lowest BCUT2D eigenvalue weighted by molar-refractivity contribution is -0.284. The largest absolute Gasteiger partial charge is 0.463 e. The fourth-order valence-corrected chi connectivity index (χ4v) is 7.15. The first kappa shape index (κ1) is 53.4. The van der Waals surface area contributed by atoms with Crippen molar-refractivity contribution in [1.29, 1.82) is 0 Å². The van der Waals surface area contributed by atoms with E-state index in [0.29, 0.717) is 6.42 Å². The molecular formula is C48H72N4O12. The maximum Gasteiger partial charge on any atom is 0.306 e. The van der Waals surface area contributed by atoms with Gasteiger partial charge in [-0.1, -0.05) is 132 Å². The van der Waals surface area contributed by atoms with Crippen LogP contribution in [0.1, 0.15) is 129 Å². The van der Waals surface area contributed by atoms with Crippen LogP contribution in [-0.2, 0) is 65.7 Å². The third-order valence-corrected chi connectivity index (χ3v) is 10.9. The molecule has 0 radical (unpaired) electrons. The van der Waals surface area contributed by atoms with Crippen molar-refractivity contribution in [3.05, 3.63) is 71.8 Å². The molecule has 3 rings (SSSR count). The Morgan fingerprint density at radius 3 is 1.84 bits per heavy atom. The maximum absolute atomic E-state index is 13.5. The lowest BCUT2D eigenvalue weighted by atomic mass is 9.96. The van der Waals surface area contributed by atoms with Gasteiger partial charge in [0, 0.05) is 19.8 Å². The number of esters is 2. The second kappa shape index (κ2) is 29.5. The molecule has 0 spiro atoms. The molecule has 16 nitrogen and oxygen atoms in total. The first-order valence-corrected chi connectivity index (χ1v) is 22.8. The van der Waals surface area contributed by atoms with Gasteiger partial charge in [0.05, 0.1) is 6.61 Å². The summed E-state index contributed by atoms with van der Waals surface area (Å²) < 4.78 is 29.2. The highest BCUT2D eigenvalue weighted by atomic mass is 16.7. The number of primary amides is 1. The number of amides is 4. The molecule has 0 unspecified atom stereocenters. The average molecular weight is 897 g/mol. The normalized spacial score (nSPS) is 19.8. The van der Waals surface area contributed by atoms with Gasteiger partial charge >= 0.3 is 11.9 Å². The van der Waals surface area contributed by atoms with Crippen LogP contribution in [0, 0.1) is 5.92 Å². The van der Waals surface area contributed by atoms with Crippen LogP contribution in [0.15, 0.2) is 60.7 Å². The molecule has 8 atom stereocenters. The number of hydrogen-bond acceptors (Lipinski definition) is 12. The van der Waals surface area contributed by atoms with Gasteiger partial charge in [0.1, 0.15) is 55.8 Å². The van der Waals surface area contributed by atoms with Crippen molar-refractivity contribution in [2.24, 2.45) is 11.7 Å². The van der Waals surface area contributed by atoms with Gasteiger partial charge in [-0.15, -0.1) is 0 Å². The summed E-state index contributed by atoms with van der Waals surface area (Å²) in [4.78, 5) is 76.4. The highest BCUT2D eigenvalue weighted by Crippen LogP contribution is 2.27. The third kappa shape index (κ3) is 20.7. The molecule has 2 aromatic carbocycles. The molecule has 356 valence electrons. The molecule has 6 N–H and O–H groups in total. The van der Waals surface area contributed by atoms with E-state index in [1.807, 2.05) is 36.4 Å². The molecule has 64 heavy (non-hydrogen) atoms. The molecule has 1 aliphatic heterocycles. The zero-order valence-electron chi connectivity index (χ0n) is 38.3. The zero-order chi connectivity index (χ0) is 46.9. The second-order valence-corrected chi connectivity index (χ2v) is 17.0. The molecular weight excluding hydrogens is 825 g/mol. The number of aliphatic hydroxyl groups is 1. The summed E-state index contributed by atoms with van der Waals surface area (Å²) in [6, 6.07) is 14.7. The third-order valence-electron chi connectivity index (χ3n) is 10.9. The molecule has 1 aliphatic rings. The Kier molecular flexibility index (Phi) is 24.7. The number of ether oxygens (including phenoxy) is 5. The van der Waals surface area contributed by atoms with Crippen molar-refractivity contribution in [3.8, 4) is 0 Å². The van der Waals surface area contributed by atoms with E-state index in [9.17, 15) is 33.9 Å². The van der Waals surface area contributed by atoms with Crippen LogP contribution in [0.5, 0.6) is 0 Å². The molecule has 16 heteroatoms. The van der Waals surface area contributed by atoms with Crippen molar-refractivity contribution < 1.29 is 57.6 Å². The molecule has 2 aromatic rings. The number of rotatable bonds is 30. The number of carbonyl (C=O) groups excluding carboxylic acids is 6. The lowest BCUT2D eigenvalue weighted by Crippen LogP contribution is -2.66. The van der Waals surface area contributed by atoms with Crippen LogP contribution in [0.4, 0.5) is 0 Å². The topological polar surface area (TPSA) is 231 Å². The summed E-state index contributed by atoms with van der Waals surface area (Å²) >= 11 is 0. The van der Waals surface area contributed by atoms with E-state index in [0.717, 1.165) is 36.3 Å². The number of aliphatic hydroxyl groups excluding tert-OH is 1. The predicted octanol–water partition coefficient (Wildman–Crippen LogP) is 5.06. The summed E-state index contributed by atoms with van der Waals surface area (Å²) in [5.41, 5.74) is 7.09. The van der Waals surface area contributed by atoms with Crippen LogP contribution in [0.25, 0.3) is 0 Å². The first-order chi connectivity index (χ1) is 30.6. The van der Waals surface area contributed by atoms with E-state index in [1.165, 1.54) is 59.3 Å². The molecule has 1 heterocycles. The Morgan fingerprint density at radius 2 is 1.27 bits per heavy atom. The van der Waals surface area contributed by atoms with Crippen LogP contribution in [0.3, 0.4) is 0 Å². The summed E-state index contributed by atoms with van der Waals surface area (Å²) in [5, 5.41) is 19.3. The van der Waals surface area contributed by atoms with Gasteiger partial charge in [0.25, 0.3) is 0 Å². The summed E-state index contributed by atoms with van der Waals surface area (Å²) in [6.45, 7) is 8.30. The average Bonchev–Trinajstić information content (AvgIpc) is 3.26. The van der Waals surface area contributed by atoms with Gasteiger partial charge in [0.15, 0.2) is 6.29 Å². The standard InChI is InChI=1S/C48H72N4O12/c1-32(2)21-15-11-9-7-6-8-10-12-20-26-40(54)61-31-39-43(56)44(42(51-35(5)53)48(64-39)62-30-37-24-18-14-19-25-37)63-34(4)47(59)50-33(3)46(58)52-38(45(49)57)27-28-41(55)60-29-36-22-16-13-17-23-36/h13-14,16-19,22-25,32-34,38-39,42-44,48,56H,6-12,15,20-21,26-31H2,1-5H3,(H2,49,57)(H,50,59)(H,51,53)(H,52,58)/t33-,34+,38-,39+,42+,43+,44+,48-/m0/s1. The van der Waals surface area contributed by atoms with Gasteiger partial charge in [-0.25, -0.2) is 0 Å². The Labute approximate surface area is 378 Å². The van der Waals surface area contributed by atoms with E-state index >= 15 is 0 Å². The van der Waals surface area contributed by atoms with E-state index < -0.39 is 84.4 Å². The van der Waals surface area contributed by atoms with Gasteiger partial charge < -0.3 is 50.5 Å². The minimum Gasteiger partial charge on any atom is -0.463 e. The molecule has 0 saturated carbocycles. The SMILES string of the molecule is CC(=O)N[C@H]1[C@@H](OCc2ccccc2)O[C@H](COC(=O)CCCCCCCCCCCC(C)C)[C@@H](O)[C@@H]1O[C@H](C)C(=O)N[C@@H](C)C(=O)N[C@@H](CCC(=O)OCc1ccccc1)C(N)=O. The van der Waals surface area contributed by atoms with Crippen molar-refractivity contribution >= 4 is 35.6 Å². The Morgan fingerprint density at radius 1 is 0.703 bits per heavy atom. The Hall–Kier alpha value is -4.90. The Balaban J connectivity index is 1.58. The molecule has 1 fully saturated rings. The van der Waals surface area contributed by atoms with E-state index in [2.05, 4.69) is 29.8 Å². The minimum atomic E-state index is -1.52. The predicted molar refractivity (Wildman–Crippen MR) is 239 cm³/mol. The van der Waals surface area contributed by atoms with Crippen LogP contribution in [0.2, 0.25) is 0 Å². The number of benzene rings is 2. The van der Waals surface area contributed by atoms with Crippen molar-refractivity contribution in [2.45, 2.75) is 180 Å². The number of carbonyl (C=O) groups is 6. The van der Waals surface area contributed by atoms with Crippen LogP contribution < -0.4 is 21.7 Å². The quantitative estimate of drug-likeness (QED) is 0.0512. The Bertz CT molecular complexity index is 1710. The second-order valence-electron chi connectivity index (χ2n) is 17.0. The summed E-state index contributed by atoms with van der Waals surface area (Å²) in [7, 11) is 0. The summed E-state index contributed by atoms with van der Waals surface area (Å²) in [5.74, 6) is -3.20. The van der Waals surface area contributed by atoms with Crippen molar-refractivity contribution in [1.82, 2.24) is 16.0 Å². The highest BCUT2D eigenvalue weighted by Gasteiger charge is 2.48. The number of unbranched alkanes of at least 4 members (excludes halogenated alkanes) is 8. The van der Waals surface area contributed by atoms with Gasteiger partial charge in [0.2, 0.25) is 23.6 Å². The number of nitrogens with one attached hydrogen (secondary N) is 3. The molecule has 1 saturated heterocycles. The van der Waals surface area contributed by atoms with E-state index in [1.54, 1.807) is 24.3 Å². The maximum atomic E-state index is 13.5. The van der Waals surface area contributed by atoms with Crippen LogP contribution >= 0.6 is 0 Å². The highest BCUT2D eigenvalue weighted by molar-refractivity contribution is 5.92. The minimum absolute atomic E-state index is 0.0434. The monoisotopic (exact) mass is 897 g/mol. The fourth-order valence-electron chi connectivity index (χ4n) is 7.15. The van der Waals surface area contributed by atoms with Gasteiger partial charge in [-0.2, -0.15) is 0 Å². The van der Waals surface area contributed by atoms with Crippen molar-refractivity contribution in [3.63, 3.8) is 0 Å². The molecule has 0 aliphatic carbocycles. The fraction of sp³-hybridized carbons (Fsp3) is 0.625. The van der Waals surface area contributed by atoms with E-state index in [4.69, 9.17) is 29.4 Å². The zero-order valence-corrected chi connectivity index (χ0v) is 38.3. The molecule has 0 aromatic heterocycles. The van der Waals surface area contributed by atoms with E-state index in [-0.39, 0.29) is 39.1 Å². The molecule has 4 amide bonds. The van der Waals surface area contributed by atoms with Crippen molar-refractivity contribution in [2.75, 3.05) is 6.61 Å². The van der Waals surface area contributed by atoms with Crippen LogP contribution in [-0.4, -0.2) is 96.1 Å². The summed E-state index contributed by atoms with van der Waals surface area (Å²) in [6.07, 6.45) is 4.55. The first-order valence-electron chi connectivity index (χ1n) is 22.8. The number of nitrogens with two attached hydrogens (primary N) is 1. The van der Waals surface area contributed by atoms with Gasteiger partial charge in [-0.3, -0.25) is 28.8 Å². The van der Waals surface area contributed by atoms with Gasteiger partial charge in [-0.05, 0) is 43.7 Å². The molecule has 0 bridgehead atoms. The number of hydrogen-bond donors (Lipinski definition) is 5. The lowest BCUT2D eigenvalue weighted by Gasteiger charge is -2.45. The smallest absolute Gasteiger partial charge is 0.306 e.